The molecule has 1 unspecified atom stereocenters. The summed E-state index contributed by atoms with van der Waals surface area (Å²) in [6, 6.07) is 0. The minimum atomic E-state index is -4.94. The number of aliphatic carboxylic acids is 2. The number of unbranched alkanes of at least 4 members (excludes halogenated alkanes) is 10. The summed E-state index contributed by atoms with van der Waals surface area (Å²) in [4.78, 5) is 19.7. The summed E-state index contributed by atoms with van der Waals surface area (Å²) in [6.07, 6.45) is 14.6. The molecular weight excluding hydrogens is 394 g/mol. The van der Waals surface area contributed by atoms with Crippen LogP contribution in [0.4, 0.5) is 0 Å². The van der Waals surface area contributed by atoms with E-state index in [1.807, 2.05) is 0 Å². The van der Waals surface area contributed by atoms with Crippen LogP contribution in [0.2, 0.25) is 0 Å². The topological polar surface area (TPSA) is 135 Å². The molecule has 0 heterocycles. The molecule has 0 aliphatic carbocycles. The van der Waals surface area contributed by atoms with Crippen molar-refractivity contribution >= 4 is 22.1 Å². The van der Waals surface area contributed by atoms with Gasteiger partial charge in [0.05, 0.1) is 5.97 Å². The number of hydrogen-bond donors (Lipinski definition) is 1. The molecule has 7 nitrogen and oxygen atoms in total. The molecule has 0 aliphatic rings. The molecule has 27 heavy (non-hydrogen) atoms. The SMILES string of the molecule is CCCCCCCCCCCCC.O=C([O-])CC(C(=O)[O-])S(=O)(=O)O.[Na+].[Na+]. The molecule has 0 saturated carbocycles. The van der Waals surface area contributed by atoms with E-state index in [1.165, 1.54) is 70.6 Å². The summed E-state index contributed by atoms with van der Waals surface area (Å²) < 4.78 is 28.5. The first-order chi connectivity index (χ1) is 11.7. The van der Waals surface area contributed by atoms with Crippen molar-refractivity contribution in [3.05, 3.63) is 0 Å². The van der Waals surface area contributed by atoms with Gasteiger partial charge in [-0.1, -0.05) is 84.5 Å². The fourth-order valence-electron chi connectivity index (χ4n) is 2.20. The minimum Gasteiger partial charge on any atom is -0.550 e. The Hall–Kier alpha value is 0.850. The zero-order valence-corrected chi connectivity index (χ0v) is 22.2. The molecule has 0 rings (SSSR count). The van der Waals surface area contributed by atoms with Crippen molar-refractivity contribution in [2.45, 2.75) is 96.1 Å². The van der Waals surface area contributed by atoms with Crippen molar-refractivity contribution in [2.75, 3.05) is 0 Å². The first-order valence-corrected chi connectivity index (χ1v) is 10.5. The molecule has 0 aromatic carbocycles. The van der Waals surface area contributed by atoms with Gasteiger partial charge in [0.25, 0.3) is 10.1 Å². The maximum absolute atomic E-state index is 10.2. The van der Waals surface area contributed by atoms with Crippen LogP contribution < -0.4 is 69.3 Å². The summed E-state index contributed by atoms with van der Waals surface area (Å²) >= 11 is 0. The van der Waals surface area contributed by atoms with Gasteiger partial charge in [0.1, 0.15) is 5.25 Å². The van der Waals surface area contributed by atoms with Gasteiger partial charge in [0.2, 0.25) is 0 Å². The van der Waals surface area contributed by atoms with Gasteiger partial charge in [0.15, 0.2) is 0 Å². The Labute approximate surface area is 208 Å². The fraction of sp³-hybridized carbons (Fsp3) is 0.882. The van der Waals surface area contributed by atoms with Crippen LogP contribution >= 0.6 is 0 Å². The van der Waals surface area contributed by atoms with Gasteiger partial charge in [-0.25, -0.2) is 0 Å². The van der Waals surface area contributed by atoms with Crippen molar-refractivity contribution in [2.24, 2.45) is 0 Å². The average molecular weight is 426 g/mol. The number of carbonyl (C=O) groups is 2. The van der Waals surface area contributed by atoms with Crippen LogP contribution in [-0.4, -0.2) is 30.2 Å². The van der Waals surface area contributed by atoms with E-state index >= 15 is 0 Å². The molecule has 0 aliphatic heterocycles. The first-order valence-electron chi connectivity index (χ1n) is 9.03. The molecule has 1 N–H and O–H groups in total. The third kappa shape index (κ3) is 26.9. The van der Waals surface area contributed by atoms with Crippen LogP contribution in [0.5, 0.6) is 0 Å². The van der Waals surface area contributed by atoms with Crippen molar-refractivity contribution in [1.82, 2.24) is 0 Å². The van der Waals surface area contributed by atoms with Crippen LogP contribution in [0.15, 0.2) is 0 Å². The number of rotatable bonds is 14. The molecule has 0 spiro atoms. The predicted molar refractivity (Wildman–Crippen MR) is 92.1 cm³/mol. The molecule has 0 saturated heterocycles. The van der Waals surface area contributed by atoms with E-state index in [0.29, 0.717) is 0 Å². The smallest absolute Gasteiger partial charge is 0.550 e. The molecule has 1 atom stereocenters. The van der Waals surface area contributed by atoms with Crippen molar-refractivity contribution in [3.8, 4) is 0 Å². The Balaban J connectivity index is -0.000000183. The molecule has 0 amide bonds. The summed E-state index contributed by atoms with van der Waals surface area (Å²) in [7, 11) is -4.94. The summed E-state index contributed by atoms with van der Waals surface area (Å²) in [6.45, 7) is 4.56. The molecule has 0 radical (unpaired) electrons. The average Bonchev–Trinajstić information content (AvgIpc) is 2.50. The maximum Gasteiger partial charge on any atom is 1.00 e. The molecule has 0 fully saturated rings. The van der Waals surface area contributed by atoms with Crippen LogP contribution in [0.1, 0.15) is 90.9 Å². The van der Waals surface area contributed by atoms with E-state index < -0.39 is 33.7 Å². The number of hydrogen-bond acceptors (Lipinski definition) is 6. The molecule has 0 bridgehead atoms. The molecule has 0 aromatic rings. The maximum atomic E-state index is 10.2. The van der Waals surface area contributed by atoms with E-state index in [1.54, 1.807) is 0 Å². The van der Waals surface area contributed by atoms with Crippen LogP contribution in [0, 0.1) is 0 Å². The number of carboxylic acids is 2. The quantitative estimate of drug-likeness (QED) is 0.168. The Morgan fingerprint density at radius 2 is 1.07 bits per heavy atom. The third-order valence-corrected chi connectivity index (χ3v) is 4.76. The summed E-state index contributed by atoms with van der Waals surface area (Å²) in [5.74, 6) is -4.08. The monoisotopic (exact) mass is 426 g/mol. The standard InChI is InChI=1S/C13H28.C4H6O7S.2Na/c1-3-5-7-9-11-13-12-10-8-6-4-2;5-3(6)1-2(4(7)8)12(9,10)11;;/h3-13H2,1-2H3;2H,1H2,(H,5,6)(H,7,8)(H,9,10,11);;/q;;2*+1/p-2. The molecular formula is C17H32Na2O7S. The zero-order valence-electron chi connectivity index (χ0n) is 17.4. The van der Waals surface area contributed by atoms with Gasteiger partial charge in [-0.2, -0.15) is 8.42 Å². The number of carbonyl (C=O) groups excluding carboxylic acids is 2. The van der Waals surface area contributed by atoms with E-state index in [4.69, 9.17) is 4.55 Å². The van der Waals surface area contributed by atoms with Crippen molar-refractivity contribution in [3.63, 3.8) is 0 Å². The van der Waals surface area contributed by atoms with Crippen molar-refractivity contribution < 1.29 is 91.9 Å². The van der Waals surface area contributed by atoms with Gasteiger partial charge in [-0.05, 0) is 0 Å². The Bertz CT molecular complexity index is 446. The number of carboxylic acid groups (broad SMARTS) is 2. The van der Waals surface area contributed by atoms with Gasteiger partial charge >= 0.3 is 59.1 Å². The van der Waals surface area contributed by atoms with Gasteiger partial charge < -0.3 is 19.8 Å². The Morgan fingerprint density at radius 3 is 1.22 bits per heavy atom. The second-order valence-corrected chi connectivity index (χ2v) is 7.68. The predicted octanol–water partition coefficient (Wildman–Crippen LogP) is -4.54. The molecule has 150 valence electrons. The van der Waals surface area contributed by atoms with Gasteiger partial charge in [0, 0.05) is 12.4 Å². The van der Waals surface area contributed by atoms with E-state index in [-0.39, 0.29) is 59.1 Å². The fourth-order valence-corrected chi connectivity index (χ4v) is 2.79. The summed E-state index contributed by atoms with van der Waals surface area (Å²) in [5.41, 5.74) is 0. The van der Waals surface area contributed by atoms with Crippen LogP contribution in [0.25, 0.3) is 0 Å². The van der Waals surface area contributed by atoms with E-state index in [9.17, 15) is 28.2 Å². The van der Waals surface area contributed by atoms with Gasteiger partial charge in [-0.15, -0.1) is 0 Å². The minimum absolute atomic E-state index is 0. The Morgan fingerprint density at radius 1 is 0.778 bits per heavy atom. The van der Waals surface area contributed by atoms with Crippen LogP contribution in [0.3, 0.4) is 0 Å². The van der Waals surface area contributed by atoms with Crippen molar-refractivity contribution in [1.29, 1.82) is 0 Å². The molecule has 10 heteroatoms. The van der Waals surface area contributed by atoms with Gasteiger partial charge in [-0.3, -0.25) is 4.55 Å². The largest absolute Gasteiger partial charge is 1.00 e. The molecule has 0 aromatic heterocycles. The van der Waals surface area contributed by atoms with E-state index in [2.05, 4.69) is 13.8 Å². The third-order valence-electron chi connectivity index (χ3n) is 3.68. The second-order valence-electron chi connectivity index (χ2n) is 6.08. The zero-order chi connectivity index (χ0) is 19.7. The first kappa shape index (κ1) is 35.3. The Kier molecular flexibility index (Phi) is 30.2. The second kappa shape index (κ2) is 23.1. The summed E-state index contributed by atoms with van der Waals surface area (Å²) in [5, 5.41) is 17.3. The van der Waals surface area contributed by atoms with Crippen LogP contribution in [-0.2, 0) is 19.7 Å². The van der Waals surface area contributed by atoms with E-state index in [0.717, 1.165) is 0 Å². The normalized spacial score (nSPS) is 11.2.